The van der Waals surface area contributed by atoms with Crippen molar-refractivity contribution in [2.75, 3.05) is 13.4 Å². The lowest BCUT2D eigenvalue weighted by Gasteiger charge is -2.15. The lowest BCUT2D eigenvalue weighted by molar-refractivity contribution is 0.0899. The van der Waals surface area contributed by atoms with E-state index >= 15 is 0 Å². The SMILES string of the molecule is C[Si](C)(C)CCOCn1ccc2c(-c3ccc4c(c3)OCO4)nc(C#CC3CC3)nc21. The molecule has 0 bridgehead atoms. The standard InChI is InChI=1S/C24H27N3O3Si/c1-31(2,3)13-12-28-15-27-11-10-19-23(18-7-8-20-21(14-18)30-16-29-20)25-22(26-24(19)27)9-6-17-4-5-17/h7-8,10-11,14,17H,4-5,12-13,15-16H2,1-3H3. The van der Waals surface area contributed by atoms with Gasteiger partial charge in [-0.15, -0.1) is 0 Å². The van der Waals surface area contributed by atoms with Gasteiger partial charge in [-0.05, 0) is 49.1 Å². The zero-order chi connectivity index (χ0) is 21.4. The van der Waals surface area contributed by atoms with Gasteiger partial charge in [0.1, 0.15) is 12.4 Å². The predicted octanol–water partition coefficient (Wildman–Crippen LogP) is 4.90. The molecule has 3 heterocycles. The minimum atomic E-state index is -1.12. The van der Waals surface area contributed by atoms with Gasteiger partial charge >= 0.3 is 0 Å². The van der Waals surface area contributed by atoms with Crippen molar-refractivity contribution >= 4 is 19.1 Å². The van der Waals surface area contributed by atoms with Gasteiger partial charge in [0.15, 0.2) is 11.5 Å². The maximum Gasteiger partial charge on any atom is 0.231 e. The molecule has 0 atom stereocenters. The molecule has 31 heavy (non-hydrogen) atoms. The zero-order valence-electron chi connectivity index (χ0n) is 18.3. The van der Waals surface area contributed by atoms with Crippen molar-refractivity contribution < 1.29 is 14.2 Å². The molecule has 1 fully saturated rings. The Labute approximate surface area is 183 Å². The number of rotatable bonds is 6. The second-order valence-corrected chi connectivity index (χ2v) is 15.0. The van der Waals surface area contributed by atoms with Gasteiger partial charge in [-0.1, -0.05) is 25.6 Å². The summed E-state index contributed by atoms with van der Waals surface area (Å²) in [5.41, 5.74) is 2.66. The minimum absolute atomic E-state index is 0.251. The number of aromatic nitrogens is 3. The summed E-state index contributed by atoms with van der Waals surface area (Å²) in [5, 5.41) is 0.977. The summed E-state index contributed by atoms with van der Waals surface area (Å²) in [6.45, 7) is 8.57. The van der Waals surface area contributed by atoms with E-state index in [4.69, 9.17) is 24.2 Å². The van der Waals surface area contributed by atoms with E-state index in [9.17, 15) is 0 Å². The normalized spacial score (nSPS) is 15.2. The van der Waals surface area contributed by atoms with Crippen molar-refractivity contribution in [1.29, 1.82) is 0 Å². The molecule has 0 N–H and O–H groups in total. The highest BCUT2D eigenvalue weighted by Crippen LogP contribution is 2.37. The largest absolute Gasteiger partial charge is 0.454 e. The smallest absolute Gasteiger partial charge is 0.231 e. The number of hydrogen-bond donors (Lipinski definition) is 0. The van der Waals surface area contributed by atoms with Gasteiger partial charge < -0.3 is 18.8 Å². The van der Waals surface area contributed by atoms with Crippen LogP contribution in [0.4, 0.5) is 0 Å². The van der Waals surface area contributed by atoms with E-state index in [0.717, 1.165) is 46.4 Å². The van der Waals surface area contributed by atoms with Crippen LogP contribution in [0, 0.1) is 17.8 Å². The lowest BCUT2D eigenvalue weighted by Crippen LogP contribution is -2.22. The van der Waals surface area contributed by atoms with E-state index in [1.165, 1.54) is 12.8 Å². The highest BCUT2D eigenvalue weighted by atomic mass is 28.3. The molecule has 2 aliphatic rings. The van der Waals surface area contributed by atoms with Crippen LogP contribution in [0.1, 0.15) is 18.7 Å². The van der Waals surface area contributed by atoms with Crippen LogP contribution in [0.25, 0.3) is 22.3 Å². The van der Waals surface area contributed by atoms with Crippen molar-refractivity contribution in [3.05, 3.63) is 36.3 Å². The third kappa shape index (κ3) is 4.60. The summed E-state index contributed by atoms with van der Waals surface area (Å²) in [7, 11) is -1.12. The van der Waals surface area contributed by atoms with Crippen molar-refractivity contribution in [2.24, 2.45) is 5.92 Å². The number of nitrogens with zero attached hydrogens (tertiary/aromatic N) is 3. The molecule has 0 radical (unpaired) electrons. The van der Waals surface area contributed by atoms with Crippen molar-refractivity contribution in [3.8, 4) is 34.6 Å². The average Bonchev–Trinajstić information content (AvgIpc) is 3.30. The molecule has 0 unspecified atom stereocenters. The summed E-state index contributed by atoms with van der Waals surface area (Å²) >= 11 is 0. The van der Waals surface area contributed by atoms with Gasteiger partial charge in [0, 0.05) is 37.7 Å². The number of ether oxygens (including phenoxy) is 3. The summed E-state index contributed by atoms with van der Waals surface area (Å²) in [5.74, 6) is 9.01. The van der Waals surface area contributed by atoms with Gasteiger partial charge in [-0.3, -0.25) is 0 Å². The van der Waals surface area contributed by atoms with Crippen LogP contribution in [0.2, 0.25) is 25.7 Å². The molecule has 3 aromatic rings. The number of fused-ring (bicyclic) bond motifs is 2. The first-order valence-electron chi connectivity index (χ1n) is 10.8. The Hall–Kier alpha value is -2.82. The minimum Gasteiger partial charge on any atom is -0.454 e. The first-order chi connectivity index (χ1) is 15.0. The average molecular weight is 434 g/mol. The Morgan fingerprint density at radius 1 is 1.13 bits per heavy atom. The van der Waals surface area contributed by atoms with E-state index in [2.05, 4.69) is 37.5 Å². The molecular weight excluding hydrogens is 406 g/mol. The van der Waals surface area contributed by atoms with Gasteiger partial charge in [0.25, 0.3) is 0 Å². The number of benzene rings is 1. The highest BCUT2D eigenvalue weighted by molar-refractivity contribution is 6.76. The lowest BCUT2D eigenvalue weighted by atomic mass is 10.1. The molecular formula is C24H27N3O3Si. The van der Waals surface area contributed by atoms with Crippen LogP contribution < -0.4 is 9.47 Å². The van der Waals surface area contributed by atoms with Gasteiger partial charge in [0.2, 0.25) is 12.6 Å². The van der Waals surface area contributed by atoms with Crippen molar-refractivity contribution in [3.63, 3.8) is 0 Å². The first-order valence-corrected chi connectivity index (χ1v) is 14.5. The fourth-order valence-electron chi connectivity index (χ4n) is 3.42. The Morgan fingerprint density at radius 2 is 1.97 bits per heavy atom. The van der Waals surface area contributed by atoms with E-state index < -0.39 is 8.07 Å². The van der Waals surface area contributed by atoms with E-state index in [-0.39, 0.29) is 6.79 Å². The van der Waals surface area contributed by atoms with Crippen molar-refractivity contribution in [2.45, 2.75) is 45.3 Å². The fourth-order valence-corrected chi connectivity index (χ4v) is 4.18. The first kappa shape index (κ1) is 20.1. The van der Waals surface area contributed by atoms with Crippen LogP contribution in [0.3, 0.4) is 0 Å². The van der Waals surface area contributed by atoms with Crippen LogP contribution in [-0.2, 0) is 11.5 Å². The zero-order valence-corrected chi connectivity index (χ0v) is 19.3. The molecule has 2 aromatic heterocycles. The summed E-state index contributed by atoms with van der Waals surface area (Å²) in [4.78, 5) is 9.58. The van der Waals surface area contributed by atoms with Crippen LogP contribution in [0.5, 0.6) is 11.5 Å². The molecule has 0 amide bonds. The van der Waals surface area contributed by atoms with Crippen LogP contribution >= 0.6 is 0 Å². The van der Waals surface area contributed by atoms with Gasteiger partial charge in [-0.2, -0.15) is 0 Å². The summed E-state index contributed by atoms with van der Waals surface area (Å²) in [6.07, 6.45) is 4.36. The van der Waals surface area contributed by atoms with Gasteiger partial charge in [0.05, 0.1) is 5.69 Å². The molecule has 0 spiro atoms. The van der Waals surface area contributed by atoms with E-state index in [0.29, 0.717) is 18.5 Å². The molecule has 1 aromatic carbocycles. The molecule has 5 rings (SSSR count). The second kappa shape index (κ2) is 8.02. The maximum absolute atomic E-state index is 5.98. The molecule has 7 heteroatoms. The third-order valence-corrected chi connectivity index (χ3v) is 7.16. The Morgan fingerprint density at radius 3 is 2.77 bits per heavy atom. The molecule has 1 aliphatic carbocycles. The fraction of sp³-hybridized carbons (Fsp3) is 0.417. The van der Waals surface area contributed by atoms with Crippen molar-refractivity contribution in [1.82, 2.24) is 14.5 Å². The van der Waals surface area contributed by atoms with E-state index in [1.54, 1.807) is 0 Å². The molecule has 0 saturated heterocycles. The Balaban J connectivity index is 1.50. The molecule has 1 saturated carbocycles. The molecule has 1 aliphatic heterocycles. The Kier molecular flexibility index (Phi) is 5.20. The Bertz CT molecular complexity index is 1180. The van der Waals surface area contributed by atoms with Gasteiger partial charge in [-0.25, -0.2) is 9.97 Å². The summed E-state index contributed by atoms with van der Waals surface area (Å²) in [6, 6.07) is 9.10. The second-order valence-electron chi connectivity index (χ2n) is 9.38. The highest BCUT2D eigenvalue weighted by Gasteiger charge is 2.20. The van der Waals surface area contributed by atoms with E-state index in [1.807, 2.05) is 29.0 Å². The molecule has 6 nitrogen and oxygen atoms in total. The molecule has 160 valence electrons. The van der Waals surface area contributed by atoms with Crippen LogP contribution in [-0.4, -0.2) is 36.0 Å². The maximum atomic E-state index is 5.98. The topological polar surface area (TPSA) is 58.4 Å². The summed E-state index contributed by atoms with van der Waals surface area (Å²) < 4.78 is 19.1. The predicted molar refractivity (Wildman–Crippen MR) is 123 cm³/mol. The third-order valence-electron chi connectivity index (χ3n) is 5.46. The van der Waals surface area contributed by atoms with Crippen LogP contribution in [0.15, 0.2) is 30.5 Å². The quantitative estimate of drug-likeness (QED) is 0.314. The number of hydrogen-bond acceptors (Lipinski definition) is 5. The monoisotopic (exact) mass is 433 g/mol.